The van der Waals surface area contributed by atoms with Gasteiger partial charge in [-0.05, 0) is 18.1 Å². The van der Waals surface area contributed by atoms with Crippen LogP contribution in [0, 0.1) is 11.3 Å². The van der Waals surface area contributed by atoms with Crippen LogP contribution in [0.15, 0.2) is 60.7 Å². The quantitative estimate of drug-likeness (QED) is 0.601. The van der Waals surface area contributed by atoms with Crippen LogP contribution in [0.5, 0.6) is 0 Å². The Bertz CT molecular complexity index is 531. The number of carbonyl (C=O) groups excluding carboxylic acids is 1. The van der Waals surface area contributed by atoms with Gasteiger partial charge in [0.25, 0.3) is 0 Å². The van der Waals surface area contributed by atoms with Gasteiger partial charge >= 0.3 is 5.97 Å². The summed E-state index contributed by atoms with van der Waals surface area (Å²) in [5.74, 6) is -0.817. The third-order valence-corrected chi connectivity index (χ3v) is 2.60. The fourth-order valence-electron chi connectivity index (χ4n) is 1.42. The van der Waals surface area contributed by atoms with Crippen LogP contribution in [0.1, 0.15) is 26.2 Å². The molecule has 0 radical (unpaired) electrons. The average Bonchev–Trinajstić information content (AvgIpc) is 3.46. The van der Waals surface area contributed by atoms with Gasteiger partial charge in [0.05, 0.1) is 6.61 Å². The maximum atomic E-state index is 9.83. The van der Waals surface area contributed by atoms with Crippen molar-refractivity contribution in [3.8, 4) is 17.2 Å². The molecule has 0 aliphatic heterocycles. The van der Waals surface area contributed by atoms with E-state index >= 15 is 0 Å². The average molecular weight is 295 g/mol. The van der Waals surface area contributed by atoms with E-state index in [2.05, 4.69) is 53.3 Å². The molecular formula is C19H21NO2. The lowest BCUT2D eigenvalue weighted by Crippen LogP contribution is -1.98. The molecule has 1 aliphatic carbocycles. The second-order valence-electron chi connectivity index (χ2n) is 4.62. The van der Waals surface area contributed by atoms with Gasteiger partial charge in [-0.3, -0.25) is 0 Å². The normalized spacial score (nSPS) is 10.7. The fourth-order valence-corrected chi connectivity index (χ4v) is 1.42. The summed E-state index contributed by atoms with van der Waals surface area (Å²) >= 11 is 0. The van der Waals surface area contributed by atoms with Crippen molar-refractivity contribution in [2.45, 2.75) is 26.2 Å². The molecule has 0 atom stereocenters. The van der Waals surface area contributed by atoms with E-state index in [4.69, 9.17) is 5.26 Å². The summed E-state index contributed by atoms with van der Waals surface area (Å²) in [6, 6.07) is 22.1. The van der Waals surface area contributed by atoms with Crippen molar-refractivity contribution < 1.29 is 9.53 Å². The SMILES string of the molecule is C1CC1.CCOC(=O)C#N.c1ccc(-c2ccccc2)cc1. The highest BCUT2D eigenvalue weighted by atomic mass is 16.5. The molecule has 0 bridgehead atoms. The number of hydrogen-bond acceptors (Lipinski definition) is 3. The van der Waals surface area contributed by atoms with E-state index in [0.717, 1.165) is 0 Å². The molecule has 0 amide bonds. The lowest BCUT2D eigenvalue weighted by atomic mass is 10.1. The number of nitriles is 1. The van der Waals surface area contributed by atoms with E-state index in [9.17, 15) is 4.79 Å². The largest absolute Gasteiger partial charge is 0.455 e. The van der Waals surface area contributed by atoms with Crippen molar-refractivity contribution in [3.63, 3.8) is 0 Å². The van der Waals surface area contributed by atoms with Crippen molar-refractivity contribution in [2.75, 3.05) is 6.61 Å². The third-order valence-electron chi connectivity index (χ3n) is 2.60. The van der Waals surface area contributed by atoms with Crippen LogP contribution in [-0.2, 0) is 9.53 Å². The topological polar surface area (TPSA) is 50.1 Å². The maximum Gasteiger partial charge on any atom is 0.411 e. The first-order chi connectivity index (χ1) is 10.8. The molecule has 1 fully saturated rings. The highest BCUT2D eigenvalue weighted by Crippen LogP contribution is 2.17. The Balaban J connectivity index is 0.000000204. The Kier molecular flexibility index (Phi) is 8.81. The second kappa shape index (κ2) is 11.1. The Hall–Kier alpha value is -2.60. The first-order valence-corrected chi connectivity index (χ1v) is 7.45. The number of carbonyl (C=O) groups is 1. The smallest absolute Gasteiger partial charge is 0.411 e. The van der Waals surface area contributed by atoms with Crippen LogP contribution in [0.3, 0.4) is 0 Å². The molecule has 0 aromatic heterocycles. The van der Waals surface area contributed by atoms with Gasteiger partial charge in [-0.25, -0.2) is 4.79 Å². The molecule has 2 aromatic rings. The molecule has 1 aliphatic rings. The molecule has 3 rings (SSSR count). The van der Waals surface area contributed by atoms with Crippen LogP contribution in [0.2, 0.25) is 0 Å². The fraction of sp³-hybridized carbons (Fsp3) is 0.263. The predicted molar refractivity (Wildman–Crippen MR) is 88.0 cm³/mol. The summed E-state index contributed by atoms with van der Waals surface area (Å²) in [5, 5.41) is 7.74. The zero-order valence-corrected chi connectivity index (χ0v) is 12.9. The maximum absolute atomic E-state index is 9.83. The van der Waals surface area contributed by atoms with Gasteiger partial charge in [-0.15, -0.1) is 0 Å². The zero-order valence-electron chi connectivity index (χ0n) is 12.9. The molecule has 3 nitrogen and oxygen atoms in total. The molecule has 1 saturated carbocycles. The molecular weight excluding hydrogens is 274 g/mol. The van der Waals surface area contributed by atoms with Crippen molar-refractivity contribution in [2.24, 2.45) is 0 Å². The van der Waals surface area contributed by atoms with Crippen molar-refractivity contribution in [3.05, 3.63) is 60.7 Å². The van der Waals surface area contributed by atoms with Crippen molar-refractivity contribution in [1.82, 2.24) is 0 Å². The molecule has 2 aromatic carbocycles. The van der Waals surface area contributed by atoms with Gasteiger partial charge < -0.3 is 4.74 Å². The lowest BCUT2D eigenvalue weighted by Gasteiger charge is -1.98. The molecule has 0 spiro atoms. The Morgan fingerprint density at radius 1 is 0.955 bits per heavy atom. The van der Waals surface area contributed by atoms with E-state index in [0.29, 0.717) is 0 Å². The van der Waals surface area contributed by atoms with Gasteiger partial charge in [0, 0.05) is 0 Å². The zero-order chi connectivity index (χ0) is 16.0. The first kappa shape index (κ1) is 17.5. The second-order valence-corrected chi connectivity index (χ2v) is 4.62. The third kappa shape index (κ3) is 8.55. The van der Waals surface area contributed by atoms with Crippen LogP contribution in [-0.4, -0.2) is 12.6 Å². The summed E-state index contributed by atoms with van der Waals surface area (Å²) in [6.45, 7) is 1.92. The van der Waals surface area contributed by atoms with Gasteiger partial charge in [0.2, 0.25) is 0 Å². The highest BCUT2D eigenvalue weighted by Gasteiger charge is 1.95. The number of esters is 1. The molecule has 0 heterocycles. The summed E-state index contributed by atoms with van der Waals surface area (Å²) in [4.78, 5) is 9.83. The molecule has 22 heavy (non-hydrogen) atoms. The number of benzene rings is 2. The van der Waals surface area contributed by atoms with E-state index in [1.807, 2.05) is 12.1 Å². The Morgan fingerprint density at radius 2 is 1.36 bits per heavy atom. The summed E-state index contributed by atoms with van der Waals surface area (Å²) < 4.78 is 4.19. The summed E-state index contributed by atoms with van der Waals surface area (Å²) in [5.41, 5.74) is 2.55. The molecule has 0 saturated heterocycles. The molecule has 114 valence electrons. The first-order valence-electron chi connectivity index (χ1n) is 7.45. The minimum atomic E-state index is -0.817. The van der Waals surface area contributed by atoms with Gasteiger partial charge in [0.1, 0.15) is 0 Å². The molecule has 0 unspecified atom stereocenters. The number of ether oxygens (including phenoxy) is 1. The predicted octanol–water partition coefficient (Wildman–Crippen LogP) is 4.60. The van der Waals surface area contributed by atoms with Gasteiger partial charge in [-0.1, -0.05) is 79.9 Å². The monoisotopic (exact) mass is 295 g/mol. The van der Waals surface area contributed by atoms with Crippen LogP contribution >= 0.6 is 0 Å². The number of hydrogen-bond donors (Lipinski definition) is 0. The minimum Gasteiger partial charge on any atom is -0.455 e. The summed E-state index contributed by atoms with van der Waals surface area (Å²) in [6.07, 6.45) is 4.50. The van der Waals surface area contributed by atoms with Gasteiger partial charge in [0.15, 0.2) is 6.07 Å². The Labute approximate surface area is 132 Å². The van der Waals surface area contributed by atoms with E-state index in [1.165, 1.54) is 36.5 Å². The lowest BCUT2D eigenvalue weighted by molar-refractivity contribution is -0.136. The van der Waals surface area contributed by atoms with Crippen LogP contribution in [0.25, 0.3) is 11.1 Å². The van der Waals surface area contributed by atoms with E-state index in [-0.39, 0.29) is 6.61 Å². The van der Waals surface area contributed by atoms with E-state index in [1.54, 1.807) is 6.92 Å². The van der Waals surface area contributed by atoms with Crippen molar-refractivity contribution >= 4 is 5.97 Å². The summed E-state index contributed by atoms with van der Waals surface area (Å²) in [7, 11) is 0. The standard InChI is InChI=1S/C12H10.C4H5NO2.C3H6/c1-3-7-11(8-4-1)12-9-5-2-6-10-12;1-2-7-4(6)3-5;1-2-3-1/h1-10H;2H2,1H3;1-3H2. The van der Waals surface area contributed by atoms with Crippen LogP contribution < -0.4 is 0 Å². The van der Waals surface area contributed by atoms with Crippen LogP contribution in [0.4, 0.5) is 0 Å². The van der Waals surface area contributed by atoms with E-state index < -0.39 is 5.97 Å². The molecule has 0 N–H and O–H groups in total. The minimum absolute atomic E-state index is 0.270. The highest BCUT2D eigenvalue weighted by molar-refractivity contribution is 5.85. The van der Waals surface area contributed by atoms with Crippen molar-refractivity contribution in [1.29, 1.82) is 5.26 Å². The van der Waals surface area contributed by atoms with Gasteiger partial charge in [-0.2, -0.15) is 5.26 Å². The molecule has 3 heteroatoms. The number of rotatable bonds is 2. The number of nitrogens with zero attached hydrogens (tertiary/aromatic N) is 1. The Morgan fingerprint density at radius 3 is 1.59 bits per heavy atom.